The van der Waals surface area contributed by atoms with Gasteiger partial charge in [-0.1, -0.05) is 6.07 Å². The standard InChI is InChI=1S/C12H18N3/c1-14(2)11-4-3-5-12(10-11)15-8-6-13-7-9-15/h3-5,10H,6-9H2,1-2H3. The van der Waals surface area contributed by atoms with E-state index in [2.05, 4.69) is 53.5 Å². The van der Waals surface area contributed by atoms with Gasteiger partial charge < -0.3 is 9.80 Å². The van der Waals surface area contributed by atoms with Crippen molar-refractivity contribution in [2.45, 2.75) is 0 Å². The highest BCUT2D eigenvalue weighted by molar-refractivity contribution is 5.59. The lowest BCUT2D eigenvalue weighted by molar-refractivity contribution is 0.579. The molecule has 1 aromatic rings. The number of rotatable bonds is 2. The van der Waals surface area contributed by atoms with Crippen molar-refractivity contribution >= 4 is 11.4 Å². The quantitative estimate of drug-likeness (QED) is 0.721. The van der Waals surface area contributed by atoms with E-state index in [1.807, 2.05) is 0 Å². The van der Waals surface area contributed by atoms with Gasteiger partial charge in [0.1, 0.15) is 0 Å². The maximum Gasteiger partial charge on any atom is 0.0387 e. The van der Waals surface area contributed by atoms with Crippen molar-refractivity contribution in [2.75, 3.05) is 50.1 Å². The summed E-state index contributed by atoms with van der Waals surface area (Å²) < 4.78 is 0. The number of hydrogen-bond acceptors (Lipinski definition) is 2. The first-order valence-electron chi connectivity index (χ1n) is 5.43. The molecule has 0 saturated carbocycles. The van der Waals surface area contributed by atoms with E-state index in [-0.39, 0.29) is 0 Å². The minimum Gasteiger partial charge on any atom is -0.378 e. The van der Waals surface area contributed by atoms with E-state index < -0.39 is 0 Å². The summed E-state index contributed by atoms with van der Waals surface area (Å²) in [7, 11) is 4.15. The van der Waals surface area contributed by atoms with E-state index in [4.69, 9.17) is 0 Å². The second kappa shape index (κ2) is 4.53. The van der Waals surface area contributed by atoms with Crippen molar-refractivity contribution in [3.63, 3.8) is 0 Å². The van der Waals surface area contributed by atoms with Crippen LogP contribution in [-0.4, -0.2) is 40.3 Å². The zero-order chi connectivity index (χ0) is 10.7. The summed E-state index contributed by atoms with van der Waals surface area (Å²) in [5.74, 6) is 0. The molecule has 0 atom stereocenters. The average molecular weight is 204 g/mol. The van der Waals surface area contributed by atoms with Gasteiger partial charge in [0, 0.05) is 51.6 Å². The van der Waals surface area contributed by atoms with Gasteiger partial charge in [-0.2, -0.15) is 0 Å². The molecule has 1 aromatic carbocycles. The predicted molar refractivity (Wildman–Crippen MR) is 64.9 cm³/mol. The highest BCUT2D eigenvalue weighted by atomic mass is 15.2. The van der Waals surface area contributed by atoms with Crippen molar-refractivity contribution in [2.24, 2.45) is 0 Å². The molecule has 1 aliphatic heterocycles. The molecule has 1 heterocycles. The maximum absolute atomic E-state index is 4.36. The number of hydrogen-bond donors (Lipinski definition) is 0. The fraction of sp³-hybridized carbons (Fsp3) is 0.500. The Hall–Kier alpha value is -1.22. The number of piperazine rings is 1. The van der Waals surface area contributed by atoms with Crippen LogP contribution in [0.15, 0.2) is 24.3 Å². The Balaban J connectivity index is 2.16. The molecule has 0 bridgehead atoms. The Kier molecular flexibility index (Phi) is 3.11. The molecule has 15 heavy (non-hydrogen) atoms. The van der Waals surface area contributed by atoms with Gasteiger partial charge in [-0.15, -0.1) is 0 Å². The fourth-order valence-corrected chi connectivity index (χ4v) is 1.83. The Morgan fingerprint density at radius 3 is 2.60 bits per heavy atom. The van der Waals surface area contributed by atoms with Crippen molar-refractivity contribution in [3.05, 3.63) is 24.3 Å². The Morgan fingerprint density at radius 2 is 1.93 bits per heavy atom. The van der Waals surface area contributed by atoms with Gasteiger partial charge >= 0.3 is 0 Å². The van der Waals surface area contributed by atoms with Crippen LogP contribution in [0, 0.1) is 0 Å². The largest absolute Gasteiger partial charge is 0.378 e. The molecule has 0 unspecified atom stereocenters. The van der Waals surface area contributed by atoms with E-state index in [9.17, 15) is 0 Å². The highest BCUT2D eigenvalue weighted by Crippen LogP contribution is 2.21. The smallest absolute Gasteiger partial charge is 0.0387 e. The topological polar surface area (TPSA) is 20.6 Å². The van der Waals surface area contributed by atoms with Crippen molar-refractivity contribution in [3.8, 4) is 0 Å². The SMILES string of the molecule is CN(C)c1cccc(N2CC[N]CC2)c1. The third-order valence-electron chi connectivity index (χ3n) is 2.77. The minimum absolute atomic E-state index is 0.964. The van der Waals surface area contributed by atoms with Crippen LogP contribution in [0.2, 0.25) is 0 Å². The van der Waals surface area contributed by atoms with Crippen molar-refractivity contribution in [1.82, 2.24) is 5.32 Å². The van der Waals surface area contributed by atoms with Crippen LogP contribution in [0.25, 0.3) is 0 Å². The lowest BCUT2D eigenvalue weighted by atomic mass is 10.2. The lowest BCUT2D eigenvalue weighted by Crippen LogP contribution is -2.40. The summed E-state index contributed by atoms with van der Waals surface area (Å²) in [6.07, 6.45) is 0. The maximum atomic E-state index is 4.36. The first-order valence-corrected chi connectivity index (χ1v) is 5.43. The molecule has 0 aliphatic carbocycles. The van der Waals surface area contributed by atoms with Crippen LogP contribution in [-0.2, 0) is 0 Å². The third kappa shape index (κ3) is 2.42. The van der Waals surface area contributed by atoms with Crippen molar-refractivity contribution < 1.29 is 0 Å². The van der Waals surface area contributed by atoms with Gasteiger partial charge in [0.2, 0.25) is 0 Å². The first-order chi connectivity index (χ1) is 7.27. The van der Waals surface area contributed by atoms with Gasteiger partial charge in [0.05, 0.1) is 0 Å². The summed E-state index contributed by atoms with van der Waals surface area (Å²) in [6.45, 7) is 4.03. The average Bonchev–Trinajstić information content (AvgIpc) is 2.30. The normalized spacial score (nSPS) is 16.5. The van der Waals surface area contributed by atoms with Crippen LogP contribution in [0.3, 0.4) is 0 Å². The number of anilines is 2. The molecule has 0 aromatic heterocycles. The molecule has 0 N–H and O–H groups in total. The fourth-order valence-electron chi connectivity index (χ4n) is 1.83. The van der Waals surface area contributed by atoms with Gasteiger partial charge in [-0.05, 0) is 18.2 Å². The molecule has 2 rings (SSSR count). The summed E-state index contributed by atoms with van der Waals surface area (Å²) in [5.41, 5.74) is 2.58. The number of benzene rings is 1. The summed E-state index contributed by atoms with van der Waals surface area (Å²) >= 11 is 0. The second-order valence-corrected chi connectivity index (χ2v) is 4.07. The summed E-state index contributed by atoms with van der Waals surface area (Å²) in [4.78, 5) is 4.54. The van der Waals surface area contributed by atoms with E-state index in [1.54, 1.807) is 0 Å². The van der Waals surface area contributed by atoms with Crippen molar-refractivity contribution in [1.29, 1.82) is 0 Å². The molecule has 81 valence electrons. The van der Waals surface area contributed by atoms with Gasteiger partial charge in [0.25, 0.3) is 0 Å². The molecule has 0 amide bonds. The lowest BCUT2D eigenvalue weighted by Gasteiger charge is -2.29. The molecule has 1 aliphatic rings. The van der Waals surface area contributed by atoms with E-state index >= 15 is 0 Å². The van der Waals surface area contributed by atoms with Crippen LogP contribution < -0.4 is 15.1 Å². The van der Waals surface area contributed by atoms with Crippen LogP contribution in [0.1, 0.15) is 0 Å². The molecule has 3 heteroatoms. The zero-order valence-corrected chi connectivity index (χ0v) is 9.48. The predicted octanol–water partition coefficient (Wildman–Crippen LogP) is 1.18. The summed E-state index contributed by atoms with van der Waals surface area (Å²) in [6, 6.07) is 8.68. The van der Waals surface area contributed by atoms with Gasteiger partial charge in [-0.25, -0.2) is 5.32 Å². The second-order valence-electron chi connectivity index (χ2n) is 4.07. The monoisotopic (exact) mass is 204 g/mol. The van der Waals surface area contributed by atoms with E-state index in [1.165, 1.54) is 11.4 Å². The molecular weight excluding hydrogens is 186 g/mol. The van der Waals surface area contributed by atoms with Crippen LogP contribution in [0.4, 0.5) is 11.4 Å². The molecular formula is C12H18N3. The molecule has 1 radical (unpaired) electrons. The minimum atomic E-state index is 0.964. The Morgan fingerprint density at radius 1 is 1.20 bits per heavy atom. The molecule has 1 fully saturated rings. The summed E-state index contributed by atoms with van der Waals surface area (Å²) in [5, 5.41) is 4.36. The molecule has 1 saturated heterocycles. The van der Waals surface area contributed by atoms with Crippen LogP contribution in [0.5, 0.6) is 0 Å². The molecule has 0 spiro atoms. The van der Waals surface area contributed by atoms with E-state index in [0.29, 0.717) is 0 Å². The Bertz CT molecular complexity index is 316. The highest BCUT2D eigenvalue weighted by Gasteiger charge is 2.11. The third-order valence-corrected chi connectivity index (χ3v) is 2.77. The van der Waals surface area contributed by atoms with Crippen LogP contribution >= 0.6 is 0 Å². The van der Waals surface area contributed by atoms with E-state index in [0.717, 1.165) is 26.2 Å². The number of nitrogens with zero attached hydrogens (tertiary/aromatic N) is 3. The van der Waals surface area contributed by atoms with Gasteiger partial charge in [0.15, 0.2) is 0 Å². The first kappa shape index (κ1) is 10.3. The molecule has 3 nitrogen and oxygen atoms in total. The zero-order valence-electron chi connectivity index (χ0n) is 9.48. The Labute approximate surface area is 91.7 Å². The van der Waals surface area contributed by atoms with Gasteiger partial charge in [-0.3, -0.25) is 0 Å².